The van der Waals surface area contributed by atoms with Gasteiger partial charge in [0.15, 0.2) is 0 Å². The van der Waals surface area contributed by atoms with Crippen LogP contribution >= 0.6 is 0 Å². The first-order valence-electron chi connectivity index (χ1n) is 10.2. The van der Waals surface area contributed by atoms with E-state index in [-0.39, 0.29) is 23.7 Å². The first-order valence-corrected chi connectivity index (χ1v) is 10.2. The van der Waals surface area contributed by atoms with Crippen LogP contribution in [0, 0.1) is 11.7 Å². The molecule has 2 heterocycles. The Bertz CT molecular complexity index is 854. The summed E-state index contributed by atoms with van der Waals surface area (Å²) >= 11 is 0. The van der Waals surface area contributed by atoms with E-state index in [0.717, 1.165) is 12.8 Å². The number of likely N-dealkylation sites (tertiary alicyclic amines) is 1. The van der Waals surface area contributed by atoms with Crippen LogP contribution in [0.2, 0.25) is 0 Å². The fraction of sp³-hybridized carbons (Fsp3) is 0.409. The summed E-state index contributed by atoms with van der Waals surface area (Å²) in [6, 6.07) is 8.97. The lowest BCUT2D eigenvalue weighted by Crippen LogP contribution is -2.49. The number of carbonyl (C=O) groups excluding carboxylic acids is 2. The maximum absolute atomic E-state index is 13.0. The number of hydrogen-bond donors (Lipinski definition) is 1. The predicted molar refractivity (Wildman–Crippen MR) is 112 cm³/mol. The molecule has 7 nitrogen and oxygen atoms in total. The smallest absolute Gasteiger partial charge is 0.320 e. The molecular weight excluding hydrogens is 387 g/mol. The number of nitrogens with zero attached hydrogens (tertiary/aromatic N) is 3. The van der Waals surface area contributed by atoms with Crippen LogP contribution in [0.25, 0.3) is 0 Å². The van der Waals surface area contributed by atoms with Crippen molar-refractivity contribution >= 4 is 17.6 Å². The topological polar surface area (TPSA) is 74.8 Å². The second kappa shape index (κ2) is 10.0. The van der Waals surface area contributed by atoms with Gasteiger partial charge in [0.05, 0.1) is 17.8 Å². The third kappa shape index (κ3) is 5.46. The van der Waals surface area contributed by atoms with E-state index < -0.39 is 0 Å². The second-order valence-electron chi connectivity index (χ2n) is 7.17. The number of carbonyl (C=O) groups is 2. The molecule has 3 amide bonds. The van der Waals surface area contributed by atoms with Crippen LogP contribution in [-0.2, 0) is 4.79 Å². The number of aromatic nitrogens is 1. The Balaban J connectivity index is 1.56. The van der Waals surface area contributed by atoms with Crippen LogP contribution in [0.4, 0.5) is 14.9 Å². The van der Waals surface area contributed by atoms with E-state index in [2.05, 4.69) is 10.3 Å². The molecule has 1 N–H and O–H groups in total. The van der Waals surface area contributed by atoms with Gasteiger partial charge in [-0.2, -0.15) is 0 Å². The monoisotopic (exact) mass is 414 g/mol. The first-order chi connectivity index (χ1) is 14.5. The highest BCUT2D eigenvalue weighted by atomic mass is 19.1. The summed E-state index contributed by atoms with van der Waals surface area (Å²) < 4.78 is 18.5. The molecule has 160 valence electrons. The maximum atomic E-state index is 13.0. The molecule has 1 atom stereocenters. The van der Waals surface area contributed by atoms with Gasteiger partial charge in [-0.15, -0.1) is 0 Å². The quantitative estimate of drug-likeness (QED) is 0.771. The minimum absolute atomic E-state index is 0.0125. The van der Waals surface area contributed by atoms with Crippen molar-refractivity contribution in [3.8, 4) is 11.6 Å². The molecule has 8 heteroatoms. The molecule has 30 heavy (non-hydrogen) atoms. The molecule has 0 bridgehead atoms. The van der Waals surface area contributed by atoms with Gasteiger partial charge in [-0.05, 0) is 57.0 Å². The van der Waals surface area contributed by atoms with E-state index in [1.54, 1.807) is 21.9 Å². The van der Waals surface area contributed by atoms with E-state index in [1.165, 1.54) is 30.5 Å². The zero-order chi connectivity index (χ0) is 21.5. The van der Waals surface area contributed by atoms with Crippen molar-refractivity contribution in [3.63, 3.8) is 0 Å². The standard InChI is InChI=1S/C22H27FN4O3/c1-3-26(4-2)22(29)27-13-5-6-16(15-27)21(28)25-18-9-12-20(24-14-18)30-19-10-7-17(23)8-11-19/h7-12,14,16H,3-6,13,15H2,1-2H3,(H,25,28). The highest BCUT2D eigenvalue weighted by molar-refractivity contribution is 5.93. The summed E-state index contributed by atoms with van der Waals surface area (Å²) in [6.07, 6.45) is 3.05. The number of halogens is 1. The van der Waals surface area contributed by atoms with Crippen molar-refractivity contribution in [1.82, 2.24) is 14.8 Å². The van der Waals surface area contributed by atoms with Gasteiger partial charge < -0.3 is 19.9 Å². The van der Waals surface area contributed by atoms with Crippen LogP contribution in [0.3, 0.4) is 0 Å². The Morgan fingerprint density at radius 1 is 1.20 bits per heavy atom. The Hall–Kier alpha value is -3.16. The van der Waals surface area contributed by atoms with E-state index in [4.69, 9.17) is 4.74 Å². The zero-order valence-corrected chi connectivity index (χ0v) is 17.3. The number of hydrogen-bond acceptors (Lipinski definition) is 4. The van der Waals surface area contributed by atoms with Gasteiger partial charge >= 0.3 is 6.03 Å². The number of anilines is 1. The van der Waals surface area contributed by atoms with Crippen LogP contribution in [-0.4, -0.2) is 52.9 Å². The summed E-state index contributed by atoms with van der Waals surface area (Å²) in [7, 11) is 0. The molecule has 1 aliphatic heterocycles. The Morgan fingerprint density at radius 2 is 1.93 bits per heavy atom. The molecule has 0 aliphatic carbocycles. The summed E-state index contributed by atoms with van der Waals surface area (Å²) in [6.45, 7) is 6.30. The Labute approximate surface area is 175 Å². The van der Waals surface area contributed by atoms with Crippen LogP contribution < -0.4 is 10.1 Å². The molecule has 0 spiro atoms. The van der Waals surface area contributed by atoms with Crippen molar-refractivity contribution < 1.29 is 18.7 Å². The minimum atomic E-state index is -0.339. The minimum Gasteiger partial charge on any atom is -0.439 e. The van der Waals surface area contributed by atoms with Crippen LogP contribution in [0.15, 0.2) is 42.6 Å². The molecule has 1 fully saturated rings. The molecule has 0 radical (unpaired) electrons. The average Bonchev–Trinajstić information content (AvgIpc) is 2.77. The summed E-state index contributed by atoms with van der Waals surface area (Å²) in [4.78, 5) is 33.0. The SMILES string of the molecule is CCN(CC)C(=O)N1CCCC(C(=O)Nc2ccc(Oc3ccc(F)cc3)nc2)C1. The number of rotatable bonds is 6. The number of piperidine rings is 1. The summed E-state index contributed by atoms with van der Waals surface area (Å²) in [5.41, 5.74) is 0.554. The lowest BCUT2D eigenvalue weighted by molar-refractivity contribution is -0.121. The fourth-order valence-electron chi connectivity index (χ4n) is 3.44. The number of ether oxygens (including phenoxy) is 1. The lowest BCUT2D eigenvalue weighted by atomic mass is 9.97. The van der Waals surface area contributed by atoms with Crippen molar-refractivity contribution in [3.05, 3.63) is 48.4 Å². The number of urea groups is 1. The zero-order valence-electron chi connectivity index (χ0n) is 17.3. The lowest BCUT2D eigenvalue weighted by Gasteiger charge is -2.35. The first kappa shape index (κ1) is 21.5. The van der Waals surface area contributed by atoms with E-state index in [0.29, 0.717) is 43.5 Å². The molecular formula is C22H27FN4O3. The van der Waals surface area contributed by atoms with E-state index >= 15 is 0 Å². The van der Waals surface area contributed by atoms with Crippen molar-refractivity contribution in [2.24, 2.45) is 5.92 Å². The highest BCUT2D eigenvalue weighted by Gasteiger charge is 2.30. The third-order valence-corrected chi connectivity index (χ3v) is 5.14. The predicted octanol–water partition coefficient (Wildman–Crippen LogP) is 4.13. The fourth-order valence-corrected chi connectivity index (χ4v) is 3.44. The number of pyridine rings is 1. The Kier molecular flexibility index (Phi) is 7.21. The molecule has 1 aliphatic rings. The van der Waals surface area contributed by atoms with Gasteiger partial charge in [-0.3, -0.25) is 4.79 Å². The maximum Gasteiger partial charge on any atom is 0.320 e. The number of benzene rings is 1. The molecule has 3 rings (SSSR count). The van der Waals surface area contributed by atoms with Crippen molar-refractivity contribution in [2.75, 3.05) is 31.5 Å². The summed E-state index contributed by atoms with van der Waals surface area (Å²) in [5.74, 6) is 0.0945. The van der Waals surface area contributed by atoms with Crippen molar-refractivity contribution in [1.29, 1.82) is 0 Å². The van der Waals surface area contributed by atoms with Gasteiger partial charge in [0.2, 0.25) is 11.8 Å². The van der Waals surface area contributed by atoms with Crippen LogP contribution in [0.1, 0.15) is 26.7 Å². The van der Waals surface area contributed by atoms with Crippen molar-refractivity contribution in [2.45, 2.75) is 26.7 Å². The molecule has 0 saturated carbocycles. The molecule has 1 aromatic carbocycles. The summed E-state index contributed by atoms with van der Waals surface area (Å²) in [5, 5.41) is 2.87. The largest absolute Gasteiger partial charge is 0.439 e. The third-order valence-electron chi connectivity index (χ3n) is 5.14. The molecule has 1 aromatic heterocycles. The average molecular weight is 414 g/mol. The Morgan fingerprint density at radius 3 is 2.57 bits per heavy atom. The molecule has 1 saturated heterocycles. The van der Waals surface area contributed by atoms with Gasteiger partial charge in [0.1, 0.15) is 11.6 Å². The van der Waals surface area contributed by atoms with E-state index in [1.807, 2.05) is 13.8 Å². The molecule has 2 aromatic rings. The van der Waals surface area contributed by atoms with Gasteiger partial charge in [0, 0.05) is 32.2 Å². The molecule has 1 unspecified atom stereocenters. The number of amides is 3. The number of nitrogens with one attached hydrogen (secondary N) is 1. The highest BCUT2D eigenvalue weighted by Crippen LogP contribution is 2.22. The van der Waals surface area contributed by atoms with Gasteiger partial charge in [-0.1, -0.05) is 0 Å². The van der Waals surface area contributed by atoms with Gasteiger partial charge in [-0.25, -0.2) is 14.2 Å². The normalized spacial score (nSPS) is 16.1. The van der Waals surface area contributed by atoms with Crippen LogP contribution in [0.5, 0.6) is 11.6 Å². The second-order valence-corrected chi connectivity index (χ2v) is 7.17. The van der Waals surface area contributed by atoms with Gasteiger partial charge in [0.25, 0.3) is 0 Å². The van der Waals surface area contributed by atoms with E-state index in [9.17, 15) is 14.0 Å².